The number of piperidine rings is 1. The van der Waals surface area contributed by atoms with Crippen LogP contribution in [0.25, 0.3) is 0 Å². The summed E-state index contributed by atoms with van der Waals surface area (Å²) in [5, 5.41) is 4.11. The maximum Gasteiger partial charge on any atom is 0.401 e. The van der Waals surface area contributed by atoms with E-state index in [1.165, 1.54) is 16.7 Å². The first kappa shape index (κ1) is 17.6. The summed E-state index contributed by atoms with van der Waals surface area (Å²) in [5.74, 6) is -0.247. The molecule has 0 amide bonds. The maximum absolute atomic E-state index is 12.3. The molecule has 0 radical (unpaired) electrons. The molecule has 0 atom stereocenters. The van der Waals surface area contributed by atoms with Crippen molar-refractivity contribution >= 4 is 5.97 Å². The Balaban J connectivity index is 1.93. The molecule has 1 aromatic heterocycles. The number of rotatable bonds is 4. The number of likely N-dealkylation sites (tertiary alicyclic amines) is 1. The summed E-state index contributed by atoms with van der Waals surface area (Å²) < 4.78 is 49.0. The van der Waals surface area contributed by atoms with Crippen LogP contribution in [0.1, 0.15) is 28.9 Å². The number of alkyl halides is 3. The van der Waals surface area contributed by atoms with E-state index < -0.39 is 24.8 Å². The van der Waals surface area contributed by atoms with Crippen molar-refractivity contribution in [3.63, 3.8) is 0 Å². The van der Waals surface area contributed by atoms with Crippen LogP contribution in [0.2, 0.25) is 0 Å². The summed E-state index contributed by atoms with van der Waals surface area (Å²) >= 11 is 0. The smallest absolute Gasteiger partial charge is 0.401 e. The van der Waals surface area contributed by atoms with Crippen molar-refractivity contribution < 1.29 is 27.4 Å². The third-order valence-electron chi connectivity index (χ3n) is 3.78. The van der Waals surface area contributed by atoms with Crippen molar-refractivity contribution in [2.24, 2.45) is 7.05 Å². The fourth-order valence-corrected chi connectivity index (χ4v) is 2.76. The first-order chi connectivity index (χ1) is 10.7. The van der Waals surface area contributed by atoms with E-state index in [0.29, 0.717) is 24.4 Å². The topological polar surface area (TPSA) is 56.6 Å². The van der Waals surface area contributed by atoms with Crippen LogP contribution in [0.4, 0.5) is 13.2 Å². The van der Waals surface area contributed by atoms with Crippen LogP contribution in [-0.4, -0.2) is 59.7 Å². The van der Waals surface area contributed by atoms with Gasteiger partial charge in [-0.25, -0.2) is 9.48 Å². The number of halogens is 3. The van der Waals surface area contributed by atoms with E-state index in [4.69, 9.17) is 9.47 Å². The van der Waals surface area contributed by atoms with Gasteiger partial charge in [-0.2, -0.15) is 18.3 Å². The van der Waals surface area contributed by atoms with Gasteiger partial charge in [0, 0.05) is 20.1 Å². The number of carbonyl (C=O) groups excluding carboxylic acids is 1. The van der Waals surface area contributed by atoms with E-state index >= 15 is 0 Å². The molecule has 1 aliphatic heterocycles. The van der Waals surface area contributed by atoms with Crippen LogP contribution < -0.4 is 4.74 Å². The first-order valence-electron chi connectivity index (χ1n) is 7.29. The van der Waals surface area contributed by atoms with Crippen LogP contribution in [0.3, 0.4) is 0 Å². The average molecular weight is 335 g/mol. The molecule has 2 rings (SSSR count). The zero-order chi connectivity index (χ0) is 17.2. The Morgan fingerprint density at radius 3 is 2.48 bits per heavy atom. The van der Waals surface area contributed by atoms with Crippen LogP contribution in [0.5, 0.6) is 5.88 Å². The quantitative estimate of drug-likeness (QED) is 0.787. The lowest BCUT2D eigenvalue weighted by Crippen LogP contribution is -2.42. The molecule has 0 bridgehead atoms. The van der Waals surface area contributed by atoms with Crippen molar-refractivity contribution in [2.45, 2.75) is 32.0 Å². The molecule has 130 valence electrons. The SMILES string of the molecule is COc1c(C(=O)OC2CCN(CC(F)(F)F)CC2)c(C)nn1C. The van der Waals surface area contributed by atoms with E-state index in [0.717, 1.165) is 0 Å². The predicted octanol–water partition coefficient (Wildman–Crippen LogP) is 1.92. The number of ether oxygens (including phenoxy) is 2. The Bertz CT molecular complexity index is 564. The van der Waals surface area contributed by atoms with Crippen molar-refractivity contribution in [3.05, 3.63) is 11.3 Å². The molecule has 1 fully saturated rings. The Morgan fingerprint density at radius 1 is 1.35 bits per heavy atom. The van der Waals surface area contributed by atoms with Gasteiger partial charge >= 0.3 is 12.1 Å². The standard InChI is InChI=1S/C14H20F3N3O3/c1-9-11(12(22-3)19(2)18-9)13(21)23-10-4-6-20(7-5-10)8-14(15,16)17/h10H,4-8H2,1-3H3. The molecule has 0 aromatic carbocycles. The van der Waals surface area contributed by atoms with E-state index in [2.05, 4.69) is 5.10 Å². The molecule has 9 heteroatoms. The molecule has 0 aliphatic carbocycles. The number of methoxy groups -OCH3 is 1. The third kappa shape index (κ3) is 4.37. The highest BCUT2D eigenvalue weighted by molar-refractivity contribution is 5.93. The average Bonchev–Trinajstić information content (AvgIpc) is 2.73. The van der Waals surface area contributed by atoms with Crippen molar-refractivity contribution in [1.82, 2.24) is 14.7 Å². The van der Waals surface area contributed by atoms with Crippen LogP contribution in [0, 0.1) is 6.92 Å². The Kier molecular flexibility index (Phi) is 5.18. The van der Waals surface area contributed by atoms with Gasteiger partial charge in [-0.3, -0.25) is 4.90 Å². The highest BCUT2D eigenvalue weighted by Crippen LogP contribution is 2.25. The summed E-state index contributed by atoms with van der Waals surface area (Å²) in [4.78, 5) is 13.6. The largest absolute Gasteiger partial charge is 0.481 e. The van der Waals surface area contributed by atoms with Crippen molar-refractivity contribution in [1.29, 1.82) is 0 Å². The number of esters is 1. The highest BCUT2D eigenvalue weighted by Gasteiger charge is 2.34. The maximum atomic E-state index is 12.3. The van der Waals surface area contributed by atoms with Crippen molar-refractivity contribution in [2.75, 3.05) is 26.7 Å². The summed E-state index contributed by atoms with van der Waals surface area (Å²) in [6.07, 6.45) is -3.84. The summed E-state index contributed by atoms with van der Waals surface area (Å²) in [7, 11) is 3.08. The Morgan fingerprint density at radius 2 is 1.96 bits per heavy atom. The predicted molar refractivity (Wildman–Crippen MR) is 75.4 cm³/mol. The third-order valence-corrected chi connectivity index (χ3v) is 3.78. The number of nitrogens with zero attached hydrogens (tertiary/aromatic N) is 3. The monoisotopic (exact) mass is 335 g/mol. The van der Waals surface area contributed by atoms with Gasteiger partial charge in [0.05, 0.1) is 19.3 Å². The van der Waals surface area contributed by atoms with Crippen LogP contribution in [0.15, 0.2) is 0 Å². The molecule has 0 saturated carbocycles. The highest BCUT2D eigenvalue weighted by atomic mass is 19.4. The summed E-state index contributed by atoms with van der Waals surface area (Å²) in [6.45, 7) is 1.25. The fraction of sp³-hybridized carbons (Fsp3) is 0.714. The zero-order valence-corrected chi connectivity index (χ0v) is 13.3. The lowest BCUT2D eigenvalue weighted by molar-refractivity contribution is -0.150. The molecular formula is C14H20F3N3O3. The lowest BCUT2D eigenvalue weighted by Gasteiger charge is -2.31. The molecule has 0 N–H and O–H groups in total. The Labute approximate surface area is 132 Å². The van der Waals surface area contributed by atoms with Gasteiger partial charge in [0.1, 0.15) is 11.7 Å². The van der Waals surface area contributed by atoms with Crippen molar-refractivity contribution in [3.8, 4) is 5.88 Å². The molecule has 2 heterocycles. The van der Waals surface area contributed by atoms with Gasteiger partial charge in [0.2, 0.25) is 5.88 Å². The minimum absolute atomic E-state index is 0.251. The molecule has 6 nitrogen and oxygen atoms in total. The van der Waals surface area contributed by atoms with Gasteiger partial charge < -0.3 is 9.47 Å². The molecule has 1 saturated heterocycles. The second kappa shape index (κ2) is 6.77. The first-order valence-corrected chi connectivity index (χ1v) is 7.29. The summed E-state index contributed by atoms with van der Waals surface area (Å²) in [5.41, 5.74) is 0.747. The van der Waals surface area contributed by atoms with Gasteiger partial charge in [-0.05, 0) is 19.8 Å². The van der Waals surface area contributed by atoms with Gasteiger partial charge in [-0.15, -0.1) is 0 Å². The number of hydrogen-bond donors (Lipinski definition) is 0. The van der Waals surface area contributed by atoms with Gasteiger partial charge in [0.15, 0.2) is 0 Å². The number of hydrogen-bond acceptors (Lipinski definition) is 5. The molecule has 0 unspecified atom stereocenters. The molecule has 23 heavy (non-hydrogen) atoms. The Hall–Kier alpha value is -1.77. The van der Waals surface area contributed by atoms with E-state index in [9.17, 15) is 18.0 Å². The minimum Gasteiger partial charge on any atom is -0.481 e. The van der Waals surface area contributed by atoms with Crippen LogP contribution in [-0.2, 0) is 11.8 Å². The number of carbonyl (C=O) groups is 1. The second-order valence-electron chi connectivity index (χ2n) is 5.59. The molecular weight excluding hydrogens is 315 g/mol. The van der Waals surface area contributed by atoms with Gasteiger partial charge in [0.25, 0.3) is 0 Å². The molecule has 0 spiro atoms. The normalized spacial score (nSPS) is 17.3. The second-order valence-corrected chi connectivity index (χ2v) is 5.59. The van der Waals surface area contributed by atoms with Gasteiger partial charge in [-0.1, -0.05) is 0 Å². The molecule has 1 aliphatic rings. The lowest BCUT2D eigenvalue weighted by atomic mass is 10.1. The number of aromatic nitrogens is 2. The minimum atomic E-state index is -4.20. The van der Waals surface area contributed by atoms with Crippen LogP contribution >= 0.6 is 0 Å². The van der Waals surface area contributed by atoms with E-state index in [-0.39, 0.29) is 18.7 Å². The van der Waals surface area contributed by atoms with E-state index in [1.54, 1.807) is 14.0 Å². The van der Waals surface area contributed by atoms with E-state index in [1.807, 2.05) is 0 Å². The summed E-state index contributed by atoms with van der Waals surface area (Å²) in [6, 6.07) is 0. The zero-order valence-electron chi connectivity index (χ0n) is 13.3. The number of aryl methyl sites for hydroxylation is 2. The fourth-order valence-electron chi connectivity index (χ4n) is 2.76. The molecule has 1 aromatic rings.